The number of aromatic nitrogens is 5. The lowest BCUT2D eigenvalue weighted by molar-refractivity contribution is -0.129. The molecule has 1 atom stereocenters. The molecule has 12 heteroatoms. The fraction of sp³-hybridized carbons (Fsp3) is 0.379. The van der Waals surface area contributed by atoms with Crippen LogP contribution in [0.1, 0.15) is 38.1 Å². The van der Waals surface area contributed by atoms with Crippen molar-refractivity contribution in [3.8, 4) is 0 Å². The van der Waals surface area contributed by atoms with Crippen LogP contribution in [0.4, 0.5) is 23.1 Å². The molecule has 2 N–H and O–H groups in total. The molecule has 0 spiro atoms. The fourth-order valence-electron chi connectivity index (χ4n) is 5.07. The van der Waals surface area contributed by atoms with Crippen LogP contribution in [0.5, 0.6) is 0 Å². The Labute approximate surface area is 243 Å². The molecule has 5 rings (SSSR count). The zero-order valence-electron chi connectivity index (χ0n) is 23.6. The molecule has 0 bridgehead atoms. The number of hydrogen-bond acceptors (Lipinski definition) is 9. The number of rotatable bonds is 8. The van der Waals surface area contributed by atoms with Gasteiger partial charge in [0.25, 0.3) is 5.56 Å². The van der Waals surface area contributed by atoms with E-state index in [-0.39, 0.29) is 17.5 Å². The largest absolute Gasteiger partial charge is 0.375 e. The number of aryl methyl sites for hydroxylation is 1. The molecule has 1 aromatic carbocycles. The van der Waals surface area contributed by atoms with E-state index in [1.165, 1.54) is 0 Å². The molecule has 214 valence electrons. The van der Waals surface area contributed by atoms with Crippen molar-refractivity contribution in [3.63, 3.8) is 0 Å². The van der Waals surface area contributed by atoms with Crippen molar-refractivity contribution in [2.24, 2.45) is 13.0 Å². The summed E-state index contributed by atoms with van der Waals surface area (Å²) in [4.78, 5) is 46.8. The van der Waals surface area contributed by atoms with E-state index in [0.717, 1.165) is 31.3 Å². The minimum absolute atomic E-state index is 0.156. The molecule has 3 aromatic heterocycles. The number of hydrogen-bond donors (Lipinski definition) is 2. The molecule has 1 amide bonds. The van der Waals surface area contributed by atoms with Crippen molar-refractivity contribution in [1.82, 2.24) is 29.4 Å². The average Bonchev–Trinajstić information content (AvgIpc) is 2.97. The van der Waals surface area contributed by atoms with Gasteiger partial charge >= 0.3 is 0 Å². The second-order valence-electron chi connectivity index (χ2n) is 10.5. The molecule has 0 saturated carbocycles. The lowest BCUT2D eigenvalue weighted by Crippen LogP contribution is -2.36. The number of amides is 1. The van der Waals surface area contributed by atoms with E-state index in [1.807, 2.05) is 25.1 Å². The Hall–Kier alpha value is -4.25. The number of halogens is 1. The highest BCUT2D eigenvalue weighted by atomic mass is 35.5. The lowest BCUT2D eigenvalue weighted by Gasteiger charge is -2.32. The quantitative estimate of drug-likeness (QED) is 0.315. The first kappa shape index (κ1) is 28.3. The highest BCUT2D eigenvalue weighted by molar-refractivity contribution is 6.33. The van der Waals surface area contributed by atoms with Gasteiger partial charge in [0, 0.05) is 70.2 Å². The maximum absolute atomic E-state index is 13.0. The zero-order valence-corrected chi connectivity index (χ0v) is 24.4. The van der Waals surface area contributed by atoms with E-state index in [0.29, 0.717) is 51.8 Å². The molecule has 11 nitrogen and oxygen atoms in total. The van der Waals surface area contributed by atoms with Crippen LogP contribution in [0, 0.1) is 5.92 Å². The van der Waals surface area contributed by atoms with E-state index in [4.69, 9.17) is 16.6 Å². The van der Waals surface area contributed by atoms with Crippen LogP contribution in [0.3, 0.4) is 0 Å². The number of carbonyl (C=O) groups excluding carboxylic acids is 1. The van der Waals surface area contributed by atoms with Crippen molar-refractivity contribution in [1.29, 1.82) is 0 Å². The molecule has 1 aliphatic rings. The Morgan fingerprint density at radius 1 is 1.12 bits per heavy atom. The molecule has 0 radical (unpaired) electrons. The van der Waals surface area contributed by atoms with Gasteiger partial charge in [0.2, 0.25) is 11.9 Å². The monoisotopic (exact) mass is 575 g/mol. The van der Waals surface area contributed by atoms with Gasteiger partial charge in [-0.25, -0.2) is 15.0 Å². The minimum Gasteiger partial charge on any atom is -0.375 e. The van der Waals surface area contributed by atoms with Gasteiger partial charge in [-0.15, -0.1) is 0 Å². The van der Waals surface area contributed by atoms with Crippen LogP contribution >= 0.6 is 11.6 Å². The van der Waals surface area contributed by atoms with Gasteiger partial charge in [0.1, 0.15) is 10.8 Å². The number of nitrogens with zero attached hydrogens (tertiary/aromatic N) is 7. The van der Waals surface area contributed by atoms with E-state index >= 15 is 0 Å². The number of piperidine rings is 1. The lowest BCUT2D eigenvalue weighted by atomic mass is 9.93. The summed E-state index contributed by atoms with van der Waals surface area (Å²) in [7, 11) is 5.32. The number of anilines is 4. The Balaban J connectivity index is 1.40. The molecule has 1 fully saturated rings. The van der Waals surface area contributed by atoms with Crippen molar-refractivity contribution >= 4 is 51.6 Å². The van der Waals surface area contributed by atoms with Crippen molar-refractivity contribution in [3.05, 3.63) is 70.1 Å². The van der Waals surface area contributed by atoms with Gasteiger partial charge in [-0.1, -0.05) is 23.7 Å². The summed E-state index contributed by atoms with van der Waals surface area (Å²) in [6.07, 6.45) is 7.32. The molecular formula is C29H34ClN9O2. The molecule has 1 saturated heterocycles. The number of carbonyl (C=O) groups is 1. The van der Waals surface area contributed by atoms with Crippen LogP contribution < -0.4 is 21.1 Å². The first-order valence-electron chi connectivity index (χ1n) is 13.6. The normalized spacial score (nSPS) is 14.6. The highest BCUT2D eigenvalue weighted by Crippen LogP contribution is 2.33. The van der Waals surface area contributed by atoms with Crippen LogP contribution in [-0.2, 0) is 11.8 Å². The molecule has 0 aliphatic carbocycles. The molecular weight excluding hydrogens is 542 g/mol. The summed E-state index contributed by atoms with van der Waals surface area (Å²) in [5.41, 5.74) is 1.89. The summed E-state index contributed by atoms with van der Waals surface area (Å²) >= 11 is 6.54. The number of para-hydroxylation sites is 1. The Bertz CT molecular complexity index is 1600. The standard InChI is InChI=1S/C29H34ClN9O2/c1-18(27-31-11-6-12-32-27)34-23-16-25(41)38(4)26-20(23)7-5-8-22(26)35-28-21(30)17-33-29(36-28)39-13-9-19(10-14-39)15-24(40)37(2)3/h5-8,11-12,16-19,34H,9-10,13-15H2,1-4H3,(H,33,35,36). The average molecular weight is 576 g/mol. The van der Waals surface area contributed by atoms with Gasteiger partial charge in [0.15, 0.2) is 5.82 Å². The maximum atomic E-state index is 13.0. The SMILES string of the molecule is CC(Nc1cc(=O)n(C)c2c(Nc3nc(N4CCC(CC(=O)N(C)C)CC4)ncc3Cl)cccc12)c1ncccn1. The maximum Gasteiger partial charge on any atom is 0.252 e. The van der Waals surface area contributed by atoms with Gasteiger partial charge in [-0.05, 0) is 37.8 Å². The van der Waals surface area contributed by atoms with Crippen LogP contribution in [-0.4, -0.2) is 62.5 Å². The number of nitrogens with one attached hydrogen (secondary N) is 2. The topological polar surface area (TPSA) is 121 Å². The zero-order chi connectivity index (χ0) is 29.1. The smallest absolute Gasteiger partial charge is 0.252 e. The van der Waals surface area contributed by atoms with Crippen molar-refractivity contribution in [2.45, 2.75) is 32.2 Å². The van der Waals surface area contributed by atoms with Crippen molar-refractivity contribution < 1.29 is 4.79 Å². The van der Waals surface area contributed by atoms with Gasteiger partial charge in [0.05, 0.1) is 23.4 Å². The predicted octanol–water partition coefficient (Wildman–Crippen LogP) is 4.38. The van der Waals surface area contributed by atoms with Gasteiger partial charge < -0.3 is 25.0 Å². The number of fused-ring (bicyclic) bond motifs is 1. The fourth-order valence-corrected chi connectivity index (χ4v) is 5.21. The van der Waals surface area contributed by atoms with Gasteiger partial charge in [-0.2, -0.15) is 4.98 Å². The first-order chi connectivity index (χ1) is 19.7. The molecule has 41 heavy (non-hydrogen) atoms. The second-order valence-corrected chi connectivity index (χ2v) is 11.0. The Morgan fingerprint density at radius 2 is 1.85 bits per heavy atom. The number of pyridine rings is 1. The third kappa shape index (κ3) is 6.25. The highest BCUT2D eigenvalue weighted by Gasteiger charge is 2.24. The van der Waals surface area contributed by atoms with E-state index in [1.54, 1.807) is 61.3 Å². The third-order valence-electron chi connectivity index (χ3n) is 7.45. The van der Waals surface area contributed by atoms with Gasteiger partial charge in [-0.3, -0.25) is 9.59 Å². The number of benzene rings is 1. The summed E-state index contributed by atoms with van der Waals surface area (Å²) in [5.74, 6) is 2.16. The third-order valence-corrected chi connectivity index (χ3v) is 7.73. The predicted molar refractivity (Wildman–Crippen MR) is 162 cm³/mol. The molecule has 1 unspecified atom stereocenters. The first-order valence-corrected chi connectivity index (χ1v) is 14.0. The van der Waals surface area contributed by atoms with Crippen LogP contribution in [0.2, 0.25) is 5.02 Å². The summed E-state index contributed by atoms with van der Waals surface area (Å²) in [5, 5.41) is 7.96. The van der Waals surface area contributed by atoms with E-state index < -0.39 is 0 Å². The van der Waals surface area contributed by atoms with Crippen LogP contribution in [0.15, 0.2) is 53.7 Å². The molecule has 4 aromatic rings. The summed E-state index contributed by atoms with van der Waals surface area (Å²) in [6.45, 7) is 3.47. The minimum atomic E-state index is -0.216. The Kier molecular flexibility index (Phi) is 8.34. The van der Waals surface area contributed by atoms with Crippen molar-refractivity contribution in [2.75, 3.05) is 42.7 Å². The molecule has 1 aliphatic heterocycles. The van der Waals surface area contributed by atoms with E-state index in [2.05, 4.69) is 30.5 Å². The second kappa shape index (κ2) is 12.1. The Morgan fingerprint density at radius 3 is 2.56 bits per heavy atom. The summed E-state index contributed by atoms with van der Waals surface area (Å²) in [6, 6.07) is 8.89. The van der Waals surface area contributed by atoms with E-state index in [9.17, 15) is 9.59 Å². The summed E-state index contributed by atoms with van der Waals surface area (Å²) < 4.78 is 1.60. The molecule has 4 heterocycles. The van der Waals surface area contributed by atoms with Crippen LogP contribution in [0.25, 0.3) is 10.9 Å².